The first kappa shape index (κ1) is 26.2. The van der Waals surface area contributed by atoms with E-state index in [1.54, 1.807) is 0 Å². The molecule has 0 aliphatic heterocycles. The SMILES string of the molecule is CC(C)(O)CC(=O)NCc1cc(F)c(-n2cnc(OCc3ccc(F)cc3F)c(Cl)c2=O)c(F)c1. The van der Waals surface area contributed by atoms with Crippen LogP contribution in [0.25, 0.3) is 5.69 Å². The molecule has 1 amide bonds. The lowest BCUT2D eigenvalue weighted by Crippen LogP contribution is -2.32. The minimum atomic E-state index is -1.25. The van der Waals surface area contributed by atoms with E-state index in [1.165, 1.54) is 13.8 Å². The maximum absolute atomic E-state index is 14.7. The summed E-state index contributed by atoms with van der Waals surface area (Å²) in [6, 6.07) is 4.65. The van der Waals surface area contributed by atoms with Crippen LogP contribution in [-0.2, 0) is 17.9 Å². The van der Waals surface area contributed by atoms with E-state index in [9.17, 15) is 32.3 Å². The van der Waals surface area contributed by atoms with Crippen LogP contribution in [0.4, 0.5) is 17.6 Å². The van der Waals surface area contributed by atoms with Crippen molar-refractivity contribution in [3.8, 4) is 11.6 Å². The number of hydrogen-bond donors (Lipinski definition) is 2. The average Bonchev–Trinajstić information content (AvgIpc) is 2.74. The zero-order chi connectivity index (χ0) is 25.9. The van der Waals surface area contributed by atoms with Gasteiger partial charge in [0.2, 0.25) is 11.8 Å². The molecule has 12 heteroatoms. The lowest BCUT2D eigenvalue weighted by atomic mass is 10.1. The average molecular weight is 514 g/mol. The Labute approximate surface area is 201 Å². The Kier molecular flexibility index (Phi) is 7.81. The van der Waals surface area contributed by atoms with Crippen LogP contribution < -0.4 is 15.6 Å². The van der Waals surface area contributed by atoms with Gasteiger partial charge in [-0.05, 0) is 43.7 Å². The van der Waals surface area contributed by atoms with Crippen molar-refractivity contribution < 1.29 is 32.2 Å². The summed E-state index contributed by atoms with van der Waals surface area (Å²) in [7, 11) is 0. The number of rotatable bonds is 8. The highest BCUT2D eigenvalue weighted by molar-refractivity contribution is 6.31. The summed E-state index contributed by atoms with van der Waals surface area (Å²) in [5.41, 5.74) is -3.02. The molecular formula is C23H20ClF4N3O4. The van der Waals surface area contributed by atoms with Crippen LogP contribution in [0.2, 0.25) is 5.02 Å². The third-order valence-electron chi connectivity index (χ3n) is 4.66. The molecule has 1 heterocycles. The summed E-state index contributed by atoms with van der Waals surface area (Å²) in [5, 5.41) is 11.5. The van der Waals surface area contributed by atoms with Gasteiger partial charge in [-0.25, -0.2) is 22.5 Å². The zero-order valence-corrected chi connectivity index (χ0v) is 19.3. The third-order valence-corrected chi connectivity index (χ3v) is 4.99. The largest absolute Gasteiger partial charge is 0.471 e. The summed E-state index contributed by atoms with van der Waals surface area (Å²) >= 11 is 5.97. The maximum atomic E-state index is 14.7. The van der Waals surface area contributed by atoms with Gasteiger partial charge in [0, 0.05) is 18.2 Å². The molecule has 0 aliphatic rings. The first-order valence-electron chi connectivity index (χ1n) is 10.2. The minimum Gasteiger partial charge on any atom is -0.471 e. The van der Waals surface area contributed by atoms with E-state index in [0.717, 1.165) is 30.6 Å². The molecule has 3 aromatic rings. The fourth-order valence-corrected chi connectivity index (χ4v) is 3.26. The van der Waals surface area contributed by atoms with E-state index < -0.39 is 63.5 Å². The number of ether oxygens (including phenoxy) is 1. The Morgan fingerprint density at radius 2 is 1.80 bits per heavy atom. The predicted octanol–water partition coefficient (Wildman–Crippen LogP) is 3.80. The summed E-state index contributed by atoms with van der Waals surface area (Å²) in [5.74, 6) is -4.85. The Balaban J connectivity index is 1.80. The molecule has 0 saturated heterocycles. The molecule has 1 aromatic heterocycles. The lowest BCUT2D eigenvalue weighted by molar-refractivity contribution is -0.125. The van der Waals surface area contributed by atoms with Gasteiger partial charge in [-0.2, -0.15) is 0 Å². The highest BCUT2D eigenvalue weighted by Gasteiger charge is 2.21. The number of aliphatic hydroxyl groups is 1. The van der Waals surface area contributed by atoms with E-state index in [2.05, 4.69) is 10.3 Å². The van der Waals surface area contributed by atoms with Crippen molar-refractivity contribution in [2.75, 3.05) is 0 Å². The first-order valence-corrected chi connectivity index (χ1v) is 10.5. The Morgan fingerprint density at radius 1 is 1.14 bits per heavy atom. The highest BCUT2D eigenvalue weighted by atomic mass is 35.5. The Morgan fingerprint density at radius 3 is 2.40 bits per heavy atom. The molecule has 0 atom stereocenters. The first-order chi connectivity index (χ1) is 16.4. The molecule has 35 heavy (non-hydrogen) atoms. The molecule has 0 radical (unpaired) electrons. The van der Waals surface area contributed by atoms with Crippen molar-refractivity contribution in [1.82, 2.24) is 14.9 Å². The van der Waals surface area contributed by atoms with Gasteiger partial charge in [-0.1, -0.05) is 11.6 Å². The predicted molar refractivity (Wildman–Crippen MR) is 118 cm³/mol. The molecule has 0 unspecified atom stereocenters. The number of halogens is 5. The molecule has 0 fully saturated rings. The van der Waals surface area contributed by atoms with Gasteiger partial charge in [0.25, 0.3) is 5.56 Å². The molecule has 0 aliphatic carbocycles. The van der Waals surface area contributed by atoms with Crippen molar-refractivity contribution in [3.05, 3.63) is 86.4 Å². The molecule has 2 aromatic carbocycles. The van der Waals surface area contributed by atoms with Crippen molar-refractivity contribution >= 4 is 17.5 Å². The van der Waals surface area contributed by atoms with Crippen LogP contribution in [0.15, 0.2) is 41.5 Å². The number of nitrogens with one attached hydrogen (secondary N) is 1. The number of benzene rings is 2. The number of nitrogens with zero attached hydrogens (tertiary/aromatic N) is 2. The fraction of sp³-hybridized carbons (Fsp3) is 0.261. The van der Waals surface area contributed by atoms with Crippen LogP contribution in [0.3, 0.4) is 0 Å². The second kappa shape index (κ2) is 10.4. The van der Waals surface area contributed by atoms with Gasteiger partial charge in [0.1, 0.15) is 30.3 Å². The third kappa shape index (κ3) is 6.58. The standard InChI is InChI=1S/C23H20ClF4N3O4/c1-23(2,34)8-18(32)29-9-12-5-16(27)20(17(28)6-12)31-11-30-21(19(24)22(31)33)35-10-13-3-4-14(25)7-15(13)26/h3-7,11,34H,8-10H2,1-2H3,(H,29,32). The van der Waals surface area contributed by atoms with Gasteiger partial charge in [0.15, 0.2) is 16.7 Å². The van der Waals surface area contributed by atoms with Crippen molar-refractivity contribution in [1.29, 1.82) is 0 Å². The fourth-order valence-electron chi connectivity index (χ4n) is 3.07. The molecule has 2 N–H and O–H groups in total. The van der Waals surface area contributed by atoms with Crippen molar-refractivity contribution in [3.63, 3.8) is 0 Å². The Bertz CT molecular complexity index is 1300. The monoisotopic (exact) mass is 513 g/mol. The number of hydrogen-bond acceptors (Lipinski definition) is 5. The highest BCUT2D eigenvalue weighted by Crippen LogP contribution is 2.23. The summed E-state index contributed by atoms with van der Waals surface area (Å²) in [6.07, 6.45) is 0.578. The van der Waals surface area contributed by atoms with Crippen LogP contribution in [0.1, 0.15) is 31.4 Å². The van der Waals surface area contributed by atoms with E-state index in [4.69, 9.17) is 16.3 Å². The summed E-state index contributed by atoms with van der Waals surface area (Å²) in [6.45, 7) is 2.23. The van der Waals surface area contributed by atoms with Crippen LogP contribution >= 0.6 is 11.6 Å². The minimum absolute atomic E-state index is 0.0317. The maximum Gasteiger partial charge on any atom is 0.280 e. The van der Waals surface area contributed by atoms with E-state index >= 15 is 0 Å². The van der Waals surface area contributed by atoms with Gasteiger partial charge < -0.3 is 15.2 Å². The van der Waals surface area contributed by atoms with E-state index in [0.29, 0.717) is 10.6 Å². The van der Waals surface area contributed by atoms with Gasteiger partial charge in [-0.15, -0.1) is 0 Å². The molecule has 7 nitrogen and oxygen atoms in total. The molecular weight excluding hydrogens is 494 g/mol. The summed E-state index contributed by atoms with van der Waals surface area (Å²) in [4.78, 5) is 28.2. The van der Waals surface area contributed by atoms with Gasteiger partial charge in [0.05, 0.1) is 12.0 Å². The second-order valence-electron chi connectivity index (χ2n) is 8.24. The number of amides is 1. The van der Waals surface area contributed by atoms with E-state index in [-0.39, 0.29) is 24.1 Å². The topological polar surface area (TPSA) is 93.5 Å². The van der Waals surface area contributed by atoms with E-state index in [1.807, 2.05) is 0 Å². The zero-order valence-electron chi connectivity index (χ0n) is 18.5. The smallest absolute Gasteiger partial charge is 0.280 e. The van der Waals surface area contributed by atoms with Gasteiger partial charge >= 0.3 is 0 Å². The molecule has 0 saturated carbocycles. The summed E-state index contributed by atoms with van der Waals surface area (Å²) < 4.78 is 62.0. The van der Waals surface area contributed by atoms with Crippen LogP contribution in [0.5, 0.6) is 5.88 Å². The van der Waals surface area contributed by atoms with Crippen molar-refractivity contribution in [2.24, 2.45) is 0 Å². The van der Waals surface area contributed by atoms with Crippen molar-refractivity contribution in [2.45, 2.75) is 39.0 Å². The van der Waals surface area contributed by atoms with Crippen LogP contribution in [0, 0.1) is 23.3 Å². The Hall–Kier alpha value is -3.44. The second-order valence-corrected chi connectivity index (χ2v) is 8.62. The quantitative estimate of drug-likeness (QED) is 0.447. The molecule has 0 bridgehead atoms. The van der Waals surface area contributed by atoms with Crippen LogP contribution in [-0.4, -0.2) is 26.2 Å². The molecule has 3 rings (SSSR count). The van der Waals surface area contributed by atoms with Gasteiger partial charge in [-0.3, -0.25) is 14.2 Å². The lowest BCUT2D eigenvalue weighted by Gasteiger charge is -2.16. The number of carbonyl (C=O) groups is 1. The normalized spacial score (nSPS) is 11.4. The molecule has 186 valence electrons. The number of aromatic nitrogens is 2. The number of carbonyl (C=O) groups excluding carboxylic acids is 1. The molecule has 0 spiro atoms.